The first-order chi connectivity index (χ1) is 12.1. The van der Waals surface area contributed by atoms with Gasteiger partial charge in [0.25, 0.3) is 0 Å². The van der Waals surface area contributed by atoms with Crippen LogP contribution in [-0.4, -0.2) is 28.9 Å². The van der Waals surface area contributed by atoms with Gasteiger partial charge in [-0.2, -0.15) is 0 Å². The van der Waals surface area contributed by atoms with Crippen molar-refractivity contribution in [3.05, 3.63) is 71.3 Å². The van der Waals surface area contributed by atoms with Crippen LogP contribution in [0.5, 0.6) is 0 Å². The van der Waals surface area contributed by atoms with Gasteiger partial charge in [-0.1, -0.05) is 73.9 Å². The number of aldehydes is 1. The Hall–Kier alpha value is -2.30. The van der Waals surface area contributed by atoms with Crippen molar-refractivity contribution >= 4 is 12.1 Å². The molecule has 0 radical (unpaired) electrons. The highest BCUT2D eigenvalue weighted by atomic mass is 16.3. The molecule has 1 saturated carbocycles. The summed E-state index contributed by atoms with van der Waals surface area (Å²) in [5.41, 5.74) is 1.22. The lowest BCUT2D eigenvalue weighted by Crippen LogP contribution is -2.29. The molecule has 4 nitrogen and oxygen atoms in total. The number of carbonyl (C=O) groups excluding carboxylic acids is 2. The van der Waals surface area contributed by atoms with E-state index in [1.165, 1.54) is 6.42 Å². The minimum atomic E-state index is -0.768. The molecule has 0 amide bonds. The summed E-state index contributed by atoms with van der Waals surface area (Å²) in [4.78, 5) is 21.7. The molecular weight excluding hydrogens is 316 g/mol. The number of benzene rings is 2. The number of rotatable bonds is 4. The van der Waals surface area contributed by atoms with E-state index in [1.807, 2.05) is 24.3 Å². The van der Waals surface area contributed by atoms with E-state index < -0.39 is 12.2 Å². The molecule has 0 saturated heterocycles. The van der Waals surface area contributed by atoms with Crippen molar-refractivity contribution < 1.29 is 19.8 Å². The second-order valence-electron chi connectivity index (χ2n) is 6.24. The summed E-state index contributed by atoms with van der Waals surface area (Å²) in [5.74, 6) is -0.236. The average molecular weight is 340 g/mol. The largest absolute Gasteiger partial charge is 0.388 e. The lowest BCUT2D eigenvalue weighted by Gasteiger charge is -2.33. The Labute approximate surface area is 148 Å². The van der Waals surface area contributed by atoms with Crippen molar-refractivity contribution in [3.63, 3.8) is 0 Å². The van der Waals surface area contributed by atoms with Crippen LogP contribution < -0.4 is 0 Å². The highest BCUT2D eigenvalue weighted by molar-refractivity contribution is 5.96. The van der Waals surface area contributed by atoms with Crippen molar-refractivity contribution in [1.82, 2.24) is 0 Å². The van der Waals surface area contributed by atoms with E-state index in [0.29, 0.717) is 11.1 Å². The quantitative estimate of drug-likeness (QED) is 0.660. The van der Waals surface area contributed by atoms with E-state index in [-0.39, 0.29) is 5.78 Å². The number of aliphatic hydroxyl groups is 2. The molecule has 2 aromatic rings. The normalized spacial score (nSPS) is 15.6. The molecule has 0 heterocycles. The van der Waals surface area contributed by atoms with Gasteiger partial charge in [0, 0.05) is 11.1 Å². The van der Waals surface area contributed by atoms with Crippen LogP contribution >= 0.6 is 0 Å². The van der Waals surface area contributed by atoms with Gasteiger partial charge in [-0.15, -0.1) is 0 Å². The van der Waals surface area contributed by atoms with Crippen LogP contribution in [0.15, 0.2) is 54.6 Å². The van der Waals surface area contributed by atoms with Gasteiger partial charge >= 0.3 is 0 Å². The van der Waals surface area contributed by atoms with Gasteiger partial charge < -0.3 is 10.2 Å². The molecule has 0 aromatic heterocycles. The predicted molar refractivity (Wildman–Crippen MR) is 96.7 cm³/mol. The second kappa shape index (κ2) is 9.25. The Kier molecular flexibility index (Phi) is 7.04. The third-order valence-electron chi connectivity index (χ3n) is 4.51. The minimum absolute atomic E-state index is 0.236. The van der Waals surface area contributed by atoms with Gasteiger partial charge in [0.1, 0.15) is 12.9 Å². The molecule has 2 N–H and O–H groups in total. The third-order valence-corrected chi connectivity index (χ3v) is 4.51. The summed E-state index contributed by atoms with van der Waals surface area (Å²) in [7, 11) is 0. The molecule has 1 fully saturated rings. The van der Waals surface area contributed by atoms with Crippen LogP contribution in [0.3, 0.4) is 0 Å². The maximum Gasteiger partial charge on any atom is 0.188 e. The topological polar surface area (TPSA) is 74.6 Å². The Bertz CT molecular complexity index is 688. The third kappa shape index (κ3) is 5.08. The van der Waals surface area contributed by atoms with Crippen molar-refractivity contribution in [2.24, 2.45) is 0 Å². The van der Waals surface area contributed by atoms with Gasteiger partial charge in [0.05, 0.1) is 5.60 Å². The number of hydrogen-bond acceptors (Lipinski definition) is 4. The molecule has 0 unspecified atom stereocenters. The molecule has 0 bridgehead atoms. The van der Waals surface area contributed by atoms with Crippen LogP contribution in [0, 0.1) is 0 Å². The van der Waals surface area contributed by atoms with E-state index >= 15 is 0 Å². The number of carbonyl (C=O) groups is 2. The predicted octanol–water partition coefficient (Wildman–Crippen LogP) is 3.51. The smallest absolute Gasteiger partial charge is 0.188 e. The molecule has 0 spiro atoms. The van der Waals surface area contributed by atoms with Crippen molar-refractivity contribution in [3.8, 4) is 0 Å². The Balaban J connectivity index is 0.000000196. The molecule has 2 aromatic carbocycles. The standard InChI is InChI=1S/C13H16O2.C8H8O2/c14-10-11-6-2-3-7-12(11)13(15)8-4-1-5-9-13;9-6-8(10)7-4-2-1-3-5-7/h2-3,6-7,10,15H,1,4-5,8-9H2;1-5,9H,6H2. The van der Waals surface area contributed by atoms with E-state index in [9.17, 15) is 14.7 Å². The second-order valence-corrected chi connectivity index (χ2v) is 6.24. The van der Waals surface area contributed by atoms with Gasteiger partial charge in [-0.05, 0) is 18.4 Å². The average Bonchev–Trinajstić information content (AvgIpc) is 2.69. The number of hydrogen-bond donors (Lipinski definition) is 2. The fraction of sp³-hybridized carbons (Fsp3) is 0.333. The van der Waals surface area contributed by atoms with Crippen LogP contribution in [0.2, 0.25) is 0 Å². The lowest BCUT2D eigenvalue weighted by molar-refractivity contribution is -0.00114. The van der Waals surface area contributed by atoms with E-state index in [2.05, 4.69) is 0 Å². The van der Waals surface area contributed by atoms with Gasteiger partial charge in [0.2, 0.25) is 0 Å². The molecule has 25 heavy (non-hydrogen) atoms. The van der Waals surface area contributed by atoms with Crippen molar-refractivity contribution in [2.75, 3.05) is 6.61 Å². The number of aliphatic hydroxyl groups excluding tert-OH is 1. The zero-order chi connectivity index (χ0) is 18.1. The van der Waals surface area contributed by atoms with Gasteiger partial charge in [-0.25, -0.2) is 0 Å². The molecular formula is C21H24O4. The summed E-state index contributed by atoms with van der Waals surface area (Å²) in [6.45, 7) is -0.413. The van der Waals surface area contributed by atoms with Crippen molar-refractivity contribution in [1.29, 1.82) is 0 Å². The van der Waals surface area contributed by atoms with Crippen LogP contribution in [0.1, 0.15) is 58.4 Å². The number of Topliss-reactive ketones (excluding diaryl/α,β-unsaturated/α-hetero) is 1. The van der Waals surface area contributed by atoms with E-state index in [1.54, 1.807) is 30.3 Å². The van der Waals surface area contributed by atoms with Crippen molar-refractivity contribution in [2.45, 2.75) is 37.7 Å². The highest BCUT2D eigenvalue weighted by Crippen LogP contribution is 2.37. The first-order valence-electron chi connectivity index (χ1n) is 8.57. The molecule has 1 aliphatic rings. The molecule has 4 heteroatoms. The molecule has 1 aliphatic carbocycles. The van der Waals surface area contributed by atoms with Gasteiger partial charge in [-0.3, -0.25) is 9.59 Å². The Morgan fingerprint density at radius 1 is 0.960 bits per heavy atom. The van der Waals surface area contributed by atoms with E-state index in [4.69, 9.17) is 5.11 Å². The summed E-state index contributed by atoms with van der Waals surface area (Å²) >= 11 is 0. The fourth-order valence-corrected chi connectivity index (χ4v) is 3.14. The van der Waals surface area contributed by atoms with Crippen LogP contribution in [0.4, 0.5) is 0 Å². The molecule has 3 rings (SSSR count). The zero-order valence-corrected chi connectivity index (χ0v) is 14.2. The van der Waals surface area contributed by atoms with Crippen LogP contribution in [0.25, 0.3) is 0 Å². The van der Waals surface area contributed by atoms with Gasteiger partial charge in [0.15, 0.2) is 5.78 Å². The Morgan fingerprint density at radius 3 is 2.16 bits per heavy atom. The number of ketones is 1. The summed E-state index contributed by atoms with van der Waals surface area (Å²) in [5, 5.41) is 18.9. The first-order valence-corrected chi connectivity index (χ1v) is 8.57. The summed E-state index contributed by atoms with van der Waals surface area (Å²) in [6.07, 6.45) is 5.66. The van der Waals surface area contributed by atoms with E-state index in [0.717, 1.165) is 37.5 Å². The first kappa shape index (κ1) is 19.0. The summed E-state index contributed by atoms with van der Waals surface area (Å²) in [6, 6.07) is 16.1. The maximum atomic E-state index is 10.9. The minimum Gasteiger partial charge on any atom is -0.388 e. The highest BCUT2D eigenvalue weighted by Gasteiger charge is 2.32. The van der Waals surface area contributed by atoms with Crippen LogP contribution in [-0.2, 0) is 5.60 Å². The lowest BCUT2D eigenvalue weighted by atomic mass is 9.78. The molecule has 0 atom stereocenters. The fourth-order valence-electron chi connectivity index (χ4n) is 3.14. The SMILES string of the molecule is O=C(CO)c1ccccc1.O=Cc1ccccc1C1(O)CCCCC1. The Morgan fingerprint density at radius 2 is 1.56 bits per heavy atom. The zero-order valence-electron chi connectivity index (χ0n) is 14.2. The maximum absolute atomic E-state index is 10.9. The summed E-state index contributed by atoms with van der Waals surface area (Å²) < 4.78 is 0. The monoisotopic (exact) mass is 340 g/mol. The molecule has 132 valence electrons. The molecule has 0 aliphatic heterocycles.